The number of amides is 1. The average molecular weight is 407 g/mol. The summed E-state index contributed by atoms with van der Waals surface area (Å²) in [4.78, 5) is 38.6. The number of halogens is 1. The maximum absolute atomic E-state index is 14.3. The molecule has 1 N–H and O–H groups in total. The lowest BCUT2D eigenvalue weighted by atomic mass is 10.2. The van der Waals surface area contributed by atoms with Gasteiger partial charge >= 0.3 is 12.1 Å². The van der Waals surface area contributed by atoms with Crippen LogP contribution < -0.4 is 4.90 Å². The molecule has 0 atom stereocenters. The normalized spacial score (nSPS) is 14.8. The van der Waals surface area contributed by atoms with Crippen molar-refractivity contribution in [2.24, 2.45) is 0 Å². The van der Waals surface area contributed by atoms with E-state index in [1.807, 2.05) is 0 Å². The molecule has 1 saturated heterocycles. The van der Waals surface area contributed by atoms with Crippen LogP contribution in [0.4, 0.5) is 15.1 Å². The SMILES string of the molecule is Cc1nc(C(=O)O)nn1-c1nc(N2CCN(C(=O)OC(C)(C)C)CC2)ncc1F. The molecule has 12 heteroatoms. The molecular formula is C17H22FN7O4. The molecule has 1 amide bonds. The third-order valence-corrected chi connectivity index (χ3v) is 4.09. The van der Waals surface area contributed by atoms with Crippen molar-refractivity contribution >= 4 is 18.0 Å². The van der Waals surface area contributed by atoms with E-state index in [0.29, 0.717) is 26.2 Å². The molecule has 2 aromatic rings. The molecule has 1 fully saturated rings. The summed E-state index contributed by atoms with van der Waals surface area (Å²) in [5.41, 5.74) is -0.576. The minimum absolute atomic E-state index is 0.181. The maximum atomic E-state index is 14.3. The minimum atomic E-state index is -1.32. The van der Waals surface area contributed by atoms with Gasteiger partial charge in [0.25, 0.3) is 5.82 Å². The Labute approximate surface area is 166 Å². The Morgan fingerprint density at radius 3 is 2.38 bits per heavy atom. The van der Waals surface area contributed by atoms with Gasteiger partial charge in [0, 0.05) is 26.2 Å². The van der Waals surface area contributed by atoms with E-state index in [-0.39, 0.29) is 17.6 Å². The van der Waals surface area contributed by atoms with Crippen molar-refractivity contribution < 1.29 is 23.8 Å². The number of hydrogen-bond acceptors (Lipinski definition) is 8. The summed E-state index contributed by atoms with van der Waals surface area (Å²) in [5.74, 6) is -2.29. The standard InChI is InChI=1S/C17H22FN7O4/c1-10-20-12(14(26)27)22-25(10)13-11(18)9-19-15(21-13)23-5-7-24(8-6-23)16(28)29-17(2,3)4/h9H,5-8H2,1-4H3,(H,26,27). The van der Waals surface area contributed by atoms with Crippen LogP contribution >= 0.6 is 0 Å². The fourth-order valence-corrected chi connectivity index (χ4v) is 2.75. The van der Waals surface area contributed by atoms with Crippen molar-refractivity contribution in [3.8, 4) is 5.82 Å². The fourth-order valence-electron chi connectivity index (χ4n) is 2.75. The number of carbonyl (C=O) groups excluding carboxylic acids is 1. The number of nitrogens with zero attached hydrogens (tertiary/aromatic N) is 7. The van der Waals surface area contributed by atoms with E-state index in [4.69, 9.17) is 9.84 Å². The first-order valence-electron chi connectivity index (χ1n) is 8.98. The summed E-state index contributed by atoms with van der Waals surface area (Å²) in [5, 5.41) is 12.8. The first kappa shape index (κ1) is 20.4. The highest BCUT2D eigenvalue weighted by Crippen LogP contribution is 2.18. The molecule has 0 aromatic carbocycles. The number of anilines is 1. The van der Waals surface area contributed by atoms with E-state index in [1.165, 1.54) is 6.92 Å². The number of ether oxygens (including phenoxy) is 1. The Morgan fingerprint density at radius 1 is 1.17 bits per heavy atom. The Hall–Kier alpha value is -3.31. The second-order valence-electron chi connectivity index (χ2n) is 7.50. The smallest absolute Gasteiger partial charge is 0.410 e. The van der Waals surface area contributed by atoms with Crippen LogP contribution in [0.2, 0.25) is 0 Å². The lowest BCUT2D eigenvalue weighted by molar-refractivity contribution is 0.0240. The third-order valence-electron chi connectivity index (χ3n) is 4.09. The van der Waals surface area contributed by atoms with Crippen LogP contribution in [0.15, 0.2) is 6.20 Å². The van der Waals surface area contributed by atoms with Gasteiger partial charge in [-0.3, -0.25) is 0 Å². The number of piperazine rings is 1. The summed E-state index contributed by atoms with van der Waals surface area (Å²) >= 11 is 0. The second kappa shape index (κ2) is 7.60. The van der Waals surface area contributed by atoms with Gasteiger partial charge < -0.3 is 19.6 Å². The molecule has 2 aromatic heterocycles. The monoisotopic (exact) mass is 407 g/mol. The van der Waals surface area contributed by atoms with Gasteiger partial charge in [0.15, 0.2) is 11.6 Å². The van der Waals surface area contributed by atoms with Crippen LogP contribution in [0.1, 0.15) is 37.2 Å². The number of aromatic carboxylic acids is 1. The molecule has 0 bridgehead atoms. The first-order valence-corrected chi connectivity index (χ1v) is 8.98. The summed E-state index contributed by atoms with van der Waals surface area (Å²) < 4.78 is 20.7. The van der Waals surface area contributed by atoms with Gasteiger partial charge in [0.2, 0.25) is 5.95 Å². The van der Waals surface area contributed by atoms with Crippen LogP contribution in [0.25, 0.3) is 5.82 Å². The molecule has 11 nitrogen and oxygen atoms in total. The van der Waals surface area contributed by atoms with Gasteiger partial charge in [0.05, 0.1) is 6.20 Å². The van der Waals surface area contributed by atoms with E-state index in [0.717, 1.165) is 10.9 Å². The van der Waals surface area contributed by atoms with Crippen molar-refractivity contribution in [1.82, 2.24) is 29.6 Å². The van der Waals surface area contributed by atoms with E-state index in [9.17, 15) is 14.0 Å². The van der Waals surface area contributed by atoms with Crippen molar-refractivity contribution in [2.45, 2.75) is 33.3 Å². The molecule has 0 aliphatic carbocycles. The highest BCUT2D eigenvalue weighted by atomic mass is 19.1. The highest BCUT2D eigenvalue weighted by molar-refractivity contribution is 5.83. The van der Waals surface area contributed by atoms with Crippen molar-refractivity contribution in [3.63, 3.8) is 0 Å². The number of aromatic nitrogens is 5. The fraction of sp³-hybridized carbons (Fsp3) is 0.529. The molecule has 0 spiro atoms. The summed E-state index contributed by atoms with van der Waals surface area (Å²) in [6.45, 7) is 8.57. The molecule has 3 heterocycles. The van der Waals surface area contributed by atoms with Crippen LogP contribution in [-0.4, -0.2) is 78.6 Å². The molecule has 29 heavy (non-hydrogen) atoms. The molecule has 0 radical (unpaired) electrons. The average Bonchev–Trinajstić information content (AvgIpc) is 3.03. The summed E-state index contributed by atoms with van der Waals surface area (Å²) in [6.07, 6.45) is 0.608. The van der Waals surface area contributed by atoms with Crippen LogP contribution in [0, 0.1) is 12.7 Å². The third kappa shape index (κ3) is 4.58. The number of hydrogen-bond donors (Lipinski definition) is 1. The lowest BCUT2D eigenvalue weighted by Gasteiger charge is -2.35. The van der Waals surface area contributed by atoms with Crippen molar-refractivity contribution in [2.75, 3.05) is 31.1 Å². The van der Waals surface area contributed by atoms with Gasteiger partial charge in [-0.1, -0.05) is 0 Å². The van der Waals surface area contributed by atoms with Crippen molar-refractivity contribution in [1.29, 1.82) is 0 Å². The quantitative estimate of drug-likeness (QED) is 0.800. The highest BCUT2D eigenvalue weighted by Gasteiger charge is 2.27. The van der Waals surface area contributed by atoms with Gasteiger partial charge in [0.1, 0.15) is 11.4 Å². The van der Waals surface area contributed by atoms with E-state index < -0.39 is 29.3 Å². The van der Waals surface area contributed by atoms with E-state index >= 15 is 0 Å². The number of carbonyl (C=O) groups is 2. The maximum Gasteiger partial charge on any atom is 0.410 e. The van der Waals surface area contributed by atoms with Gasteiger partial charge in [-0.15, -0.1) is 5.10 Å². The van der Waals surface area contributed by atoms with Gasteiger partial charge in [-0.2, -0.15) is 9.67 Å². The summed E-state index contributed by atoms with van der Waals surface area (Å²) in [7, 11) is 0. The Morgan fingerprint density at radius 2 is 1.83 bits per heavy atom. The molecule has 156 valence electrons. The zero-order valence-corrected chi connectivity index (χ0v) is 16.6. The lowest BCUT2D eigenvalue weighted by Crippen LogP contribution is -2.50. The second-order valence-corrected chi connectivity index (χ2v) is 7.50. The van der Waals surface area contributed by atoms with E-state index in [2.05, 4.69) is 20.1 Å². The number of carboxylic acids is 1. The van der Waals surface area contributed by atoms with E-state index in [1.54, 1.807) is 30.6 Å². The molecule has 0 unspecified atom stereocenters. The Balaban J connectivity index is 1.76. The summed E-state index contributed by atoms with van der Waals surface area (Å²) in [6, 6.07) is 0. The minimum Gasteiger partial charge on any atom is -0.475 e. The molecular weight excluding hydrogens is 385 g/mol. The zero-order valence-electron chi connectivity index (χ0n) is 16.6. The Bertz CT molecular complexity index is 932. The zero-order chi connectivity index (χ0) is 21.3. The molecule has 1 aliphatic heterocycles. The largest absolute Gasteiger partial charge is 0.475 e. The predicted molar refractivity (Wildman–Crippen MR) is 98.6 cm³/mol. The number of rotatable bonds is 3. The molecule has 3 rings (SSSR count). The Kier molecular flexibility index (Phi) is 5.36. The number of carboxylic acid groups (broad SMARTS) is 1. The molecule has 0 saturated carbocycles. The topological polar surface area (TPSA) is 127 Å². The van der Waals surface area contributed by atoms with Crippen LogP contribution in [-0.2, 0) is 4.74 Å². The number of aryl methyl sites for hydroxylation is 1. The van der Waals surface area contributed by atoms with Crippen LogP contribution in [0.3, 0.4) is 0 Å². The van der Waals surface area contributed by atoms with Gasteiger partial charge in [-0.05, 0) is 27.7 Å². The predicted octanol–water partition coefficient (Wildman–Crippen LogP) is 1.26. The van der Waals surface area contributed by atoms with Crippen molar-refractivity contribution in [3.05, 3.63) is 23.7 Å². The molecule has 1 aliphatic rings. The van der Waals surface area contributed by atoms with Crippen LogP contribution in [0.5, 0.6) is 0 Å². The first-order chi connectivity index (χ1) is 13.5. The van der Waals surface area contributed by atoms with Gasteiger partial charge in [-0.25, -0.2) is 23.9 Å².